The van der Waals surface area contributed by atoms with Crippen LogP contribution in [0.3, 0.4) is 0 Å². The van der Waals surface area contributed by atoms with Gasteiger partial charge < -0.3 is 10.6 Å². The Morgan fingerprint density at radius 1 is 1.05 bits per heavy atom. The van der Waals surface area contributed by atoms with Crippen molar-refractivity contribution in [2.75, 3.05) is 5.32 Å². The number of nitrogens with one attached hydrogen (secondary N) is 2. The lowest BCUT2D eigenvalue weighted by Crippen LogP contribution is -2.50. The van der Waals surface area contributed by atoms with Crippen molar-refractivity contribution >= 4 is 17.5 Å². The summed E-state index contributed by atoms with van der Waals surface area (Å²) in [5.74, 6) is 0.0932. The molecule has 2 N–H and O–H groups in total. The van der Waals surface area contributed by atoms with Crippen LogP contribution >= 0.6 is 0 Å². The van der Waals surface area contributed by atoms with E-state index in [1.165, 1.54) is 23.3 Å². The number of hydrogen-bond donors (Lipinski definition) is 2. The van der Waals surface area contributed by atoms with Crippen LogP contribution in [-0.2, 0) is 11.3 Å². The fraction of sp³-hybridized carbons (Fsp3) is 0.600. The van der Waals surface area contributed by atoms with Crippen molar-refractivity contribution in [2.45, 2.75) is 77.3 Å². The fourth-order valence-electron chi connectivity index (χ4n) is 5.09. The van der Waals surface area contributed by atoms with Gasteiger partial charge in [0.15, 0.2) is 0 Å². The molecule has 5 rings (SSSR count). The average molecular weight is 548 g/mol. The maximum atomic E-state index is 13.6. The second-order valence-electron chi connectivity index (χ2n) is 10.8. The minimum atomic E-state index is -4.47. The molecule has 1 unspecified atom stereocenters. The third-order valence-corrected chi connectivity index (χ3v) is 7.39. The summed E-state index contributed by atoms with van der Waals surface area (Å²) in [6.07, 6.45) is 5.42. The molecular weight excluding hydrogens is 515 g/mol. The zero-order valence-corrected chi connectivity index (χ0v) is 22.0. The number of anilines is 1. The summed E-state index contributed by atoms with van der Waals surface area (Å²) in [5, 5.41) is 21.5. The van der Waals surface area contributed by atoms with Gasteiger partial charge in [0.2, 0.25) is 5.91 Å². The zero-order valence-electron chi connectivity index (χ0n) is 22.0. The van der Waals surface area contributed by atoms with Gasteiger partial charge in [-0.3, -0.25) is 19.0 Å². The third kappa shape index (κ3) is 5.98. The smallest absolute Gasteiger partial charge is 0.339 e. The largest absolute Gasteiger partial charge is 0.410 e. The summed E-state index contributed by atoms with van der Waals surface area (Å²) < 4.78 is 43.4. The van der Waals surface area contributed by atoms with Crippen molar-refractivity contribution in [3.63, 3.8) is 0 Å². The van der Waals surface area contributed by atoms with Crippen molar-refractivity contribution in [2.24, 2.45) is 17.8 Å². The molecular formula is C25H32F3N9O2. The molecule has 210 valence electrons. The number of halogens is 3. The standard InChI is InChI=1S/C25H32F3N9O2/c1-14(2)36-20(8-9-30-36)23(38)33-22(21(16-4-5-16)17-6-7-17)24(39)32-18-10-31-35(12-18)13-19-11-29-34-37(19)15(3)25(26,27)28/h8-12,14-17,21-22H,4-7,13H2,1-3H3,(H,32,39)(H,33,38)/t15?,22-/m0/s1. The van der Waals surface area contributed by atoms with E-state index in [4.69, 9.17) is 0 Å². The molecule has 2 amide bonds. The van der Waals surface area contributed by atoms with Crippen LogP contribution in [0.15, 0.2) is 30.9 Å². The van der Waals surface area contributed by atoms with Crippen LogP contribution in [0.5, 0.6) is 0 Å². The molecule has 2 saturated carbocycles. The van der Waals surface area contributed by atoms with Crippen LogP contribution in [0, 0.1) is 17.8 Å². The Morgan fingerprint density at radius 3 is 2.36 bits per heavy atom. The number of hydrogen-bond acceptors (Lipinski definition) is 6. The molecule has 0 saturated heterocycles. The van der Waals surface area contributed by atoms with Crippen LogP contribution in [0.1, 0.15) is 74.7 Å². The van der Waals surface area contributed by atoms with Crippen molar-refractivity contribution in [3.05, 3.63) is 42.2 Å². The van der Waals surface area contributed by atoms with E-state index in [9.17, 15) is 22.8 Å². The zero-order chi connectivity index (χ0) is 27.9. The summed E-state index contributed by atoms with van der Waals surface area (Å²) in [7, 11) is 0. The Bertz CT molecular complexity index is 1310. The first-order valence-corrected chi connectivity index (χ1v) is 13.2. The van der Waals surface area contributed by atoms with E-state index in [-0.39, 0.29) is 36.0 Å². The quantitative estimate of drug-likeness (QED) is 0.378. The third-order valence-electron chi connectivity index (χ3n) is 7.39. The van der Waals surface area contributed by atoms with E-state index in [2.05, 4.69) is 31.1 Å². The molecule has 3 heterocycles. The molecule has 0 aliphatic heterocycles. The van der Waals surface area contributed by atoms with Crippen LogP contribution in [0.2, 0.25) is 0 Å². The molecule has 0 spiro atoms. The molecule has 39 heavy (non-hydrogen) atoms. The van der Waals surface area contributed by atoms with Gasteiger partial charge in [-0.15, -0.1) is 5.10 Å². The number of alkyl halides is 3. The molecule has 14 heteroatoms. The van der Waals surface area contributed by atoms with Gasteiger partial charge >= 0.3 is 6.18 Å². The Balaban J connectivity index is 1.31. The van der Waals surface area contributed by atoms with Gasteiger partial charge in [0, 0.05) is 18.4 Å². The van der Waals surface area contributed by atoms with Gasteiger partial charge in [-0.2, -0.15) is 23.4 Å². The highest BCUT2D eigenvalue weighted by Crippen LogP contribution is 2.51. The summed E-state index contributed by atoms with van der Waals surface area (Å²) in [6, 6.07) is -0.971. The molecule has 2 fully saturated rings. The number of amides is 2. The lowest BCUT2D eigenvalue weighted by Gasteiger charge is -2.27. The lowest BCUT2D eigenvalue weighted by atomic mass is 9.88. The molecule has 3 aromatic heterocycles. The maximum Gasteiger partial charge on any atom is 0.410 e. The second kappa shape index (κ2) is 10.5. The first-order chi connectivity index (χ1) is 18.5. The van der Waals surface area contributed by atoms with Crippen LogP contribution in [0.25, 0.3) is 0 Å². The van der Waals surface area contributed by atoms with E-state index in [1.54, 1.807) is 16.9 Å². The van der Waals surface area contributed by atoms with E-state index in [0.717, 1.165) is 37.3 Å². The molecule has 0 bridgehead atoms. The molecule has 11 nitrogen and oxygen atoms in total. The molecule has 0 radical (unpaired) electrons. The Labute approximate surface area is 223 Å². The van der Waals surface area contributed by atoms with Gasteiger partial charge in [0.1, 0.15) is 17.8 Å². The molecule has 2 aliphatic carbocycles. The number of carbonyl (C=O) groups excluding carboxylic acids is 2. The number of carbonyl (C=O) groups is 2. The predicted molar refractivity (Wildman–Crippen MR) is 134 cm³/mol. The van der Waals surface area contributed by atoms with Crippen molar-refractivity contribution in [1.29, 1.82) is 0 Å². The lowest BCUT2D eigenvalue weighted by molar-refractivity contribution is -0.166. The summed E-state index contributed by atoms with van der Waals surface area (Å²) >= 11 is 0. The minimum absolute atomic E-state index is 0.0184. The highest BCUT2D eigenvalue weighted by molar-refractivity contribution is 6.00. The normalized spacial score (nSPS) is 17.4. The molecule has 0 aromatic carbocycles. The molecule has 2 atom stereocenters. The highest BCUT2D eigenvalue weighted by Gasteiger charge is 2.48. The number of nitrogens with zero attached hydrogens (tertiary/aromatic N) is 7. The van der Waals surface area contributed by atoms with Crippen molar-refractivity contribution in [1.82, 2.24) is 39.9 Å². The maximum absolute atomic E-state index is 13.6. The Hall–Kier alpha value is -3.71. The van der Waals surface area contributed by atoms with E-state index < -0.39 is 18.3 Å². The number of rotatable bonds is 11. The van der Waals surface area contributed by atoms with E-state index in [0.29, 0.717) is 23.2 Å². The monoisotopic (exact) mass is 547 g/mol. The molecule has 2 aliphatic rings. The number of aromatic nitrogens is 7. The topological polar surface area (TPSA) is 125 Å². The first-order valence-electron chi connectivity index (χ1n) is 13.2. The Kier molecular flexibility index (Phi) is 7.21. The van der Waals surface area contributed by atoms with Crippen LogP contribution < -0.4 is 10.6 Å². The Morgan fingerprint density at radius 2 is 1.74 bits per heavy atom. The average Bonchev–Trinajstić information content (AvgIpc) is 3.74. The first kappa shape index (κ1) is 26.9. The van der Waals surface area contributed by atoms with Crippen LogP contribution in [-0.4, -0.2) is 58.6 Å². The summed E-state index contributed by atoms with van der Waals surface area (Å²) in [5.41, 5.74) is 0.981. The summed E-state index contributed by atoms with van der Waals surface area (Å²) in [6.45, 7) is 4.84. The van der Waals surface area contributed by atoms with Gasteiger partial charge in [0.25, 0.3) is 5.91 Å². The predicted octanol–water partition coefficient (Wildman–Crippen LogP) is 3.60. The minimum Gasteiger partial charge on any atom is -0.339 e. The van der Waals surface area contributed by atoms with E-state index in [1.807, 2.05) is 13.8 Å². The van der Waals surface area contributed by atoms with Crippen molar-refractivity contribution < 1.29 is 22.8 Å². The van der Waals surface area contributed by atoms with Gasteiger partial charge in [0.05, 0.1) is 30.3 Å². The molecule has 3 aromatic rings. The second-order valence-corrected chi connectivity index (χ2v) is 10.8. The van der Waals surface area contributed by atoms with Gasteiger partial charge in [-0.25, -0.2) is 4.68 Å². The van der Waals surface area contributed by atoms with Gasteiger partial charge in [-0.1, -0.05) is 5.21 Å². The fourth-order valence-corrected chi connectivity index (χ4v) is 5.09. The van der Waals surface area contributed by atoms with Gasteiger partial charge in [-0.05, 0) is 70.3 Å². The van der Waals surface area contributed by atoms with Crippen molar-refractivity contribution in [3.8, 4) is 0 Å². The highest BCUT2D eigenvalue weighted by atomic mass is 19.4. The van der Waals surface area contributed by atoms with Crippen LogP contribution in [0.4, 0.5) is 18.9 Å². The summed E-state index contributed by atoms with van der Waals surface area (Å²) in [4.78, 5) is 26.9. The SMILES string of the molecule is CC(C)n1nccc1C(=O)N[C@H](C(=O)Nc1cnn(Cc2cnnn2C(C)C(F)(F)F)c1)C(C1CC1)C1CC1. The van der Waals surface area contributed by atoms with E-state index >= 15 is 0 Å².